The largest absolute Gasteiger partial charge is 0.488 e. The summed E-state index contributed by atoms with van der Waals surface area (Å²) in [5.41, 5.74) is 1.82. The third-order valence-electron chi connectivity index (χ3n) is 3.89. The molecule has 6 nitrogen and oxygen atoms in total. The molecule has 25 heavy (non-hydrogen) atoms. The van der Waals surface area contributed by atoms with Crippen LogP contribution >= 0.6 is 11.3 Å². The monoisotopic (exact) mass is 359 g/mol. The highest BCUT2D eigenvalue weighted by molar-refractivity contribution is 7.13. The van der Waals surface area contributed by atoms with Crippen LogP contribution in [0, 0.1) is 5.92 Å². The lowest BCUT2D eigenvalue weighted by Crippen LogP contribution is -2.35. The van der Waals surface area contributed by atoms with Gasteiger partial charge in [0.1, 0.15) is 11.9 Å². The average Bonchev–Trinajstić information content (AvgIpc) is 3.19. The molecule has 2 amide bonds. The minimum absolute atomic E-state index is 0.0299. The van der Waals surface area contributed by atoms with E-state index in [0.29, 0.717) is 17.4 Å². The van der Waals surface area contributed by atoms with Crippen molar-refractivity contribution in [1.82, 2.24) is 10.3 Å². The molecular weight excluding hydrogens is 338 g/mol. The number of nitrogens with one attached hydrogen (secondary N) is 2. The van der Waals surface area contributed by atoms with Crippen molar-refractivity contribution in [1.29, 1.82) is 0 Å². The molecule has 1 aromatic heterocycles. The number of nitrogens with zero attached hydrogens (tertiary/aromatic N) is 1. The molecule has 0 aliphatic carbocycles. The normalized spacial score (nSPS) is 15.6. The van der Waals surface area contributed by atoms with E-state index in [0.717, 1.165) is 12.2 Å². The second-order valence-electron chi connectivity index (χ2n) is 6.32. The van der Waals surface area contributed by atoms with Crippen molar-refractivity contribution in [2.24, 2.45) is 5.92 Å². The molecule has 132 valence electrons. The molecular formula is C18H21N3O3S. The van der Waals surface area contributed by atoms with Crippen LogP contribution in [-0.4, -0.2) is 29.4 Å². The van der Waals surface area contributed by atoms with Crippen molar-refractivity contribution >= 4 is 28.3 Å². The zero-order chi connectivity index (χ0) is 17.8. The molecule has 1 atom stereocenters. The van der Waals surface area contributed by atoms with Gasteiger partial charge in [-0.05, 0) is 11.6 Å². The predicted molar refractivity (Wildman–Crippen MR) is 96.9 cm³/mol. The second kappa shape index (κ2) is 7.65. The molecule has 2 N–H and O–H groups in total. The Hall–Kier alpha value is -2.41. The number of ether oxygens (including phenoxy) is 1. The van der Waals surface area contributed by atoms with Crippen LogP contribution in [-0.2, 0) is 22.4 Å². The number of fused-ring (bicyclic) bond motifs is 1. The molecule has 1 aliphatic rings. The summed E-state index contributed by atoms with van der Waals surface area (Å²) < 4.78 is 5.80. The number of aromatic nitrogens is 1. The van der Waals surface area contributed by atoms with Crippen molar-refractivity contribution < 1.29 is 14.3 Å². The molecule has 1 aliphatic heterocycles. The standard InChI is InChI=1S/C18H21N3O3S/c1-11(2)17(23)21-18-20-13(10-25-18)8-16(22)19-9-14-7-12-5-3-4-6-15(12)24-14/h3-6,10-11,14H,7-9H2,1-2H3,(H,19,22)(H,20,21,23)/t14-/m0/s1. The number of anilines is 1. The number of thiazole rings is 1. The number of carbonyl (C=O) groups excluding carboxylic acids is 2. The fraction of sp³-hybridized carbons (Fsp3) is 0.389. The topological polar surface area (TPSA) is 80.3 Å². The van der Waals surface area contributed by atoms with E-state index in [1.165, 1.54) is 16.9 Å². The molecule has 0 saturated heterocycles. The molecule has 7 heteroatoms. The van der Waals surface area contributed by atoms with E-state index in [1.54, 1.807) is 5.38 Å². The van der Waals surface area contributed by atoms with E-state index >= 15 is 0 Å². The lowest BCUT2D eigenvalue weighted by molar-refractivity contribution is -0.121. The number of benzene rings is 1. The highest BCUT2D eigenvalue weighted by Gasteiger charge is 2.22. The fourth-order valence-electron chi connectivity index (χ4n) is 2.52. The van der Waals surface area contributed by atoms with E-state index < -0.39 is 0 Å². The maximum Gasteiger partial charge on any atom is 0.228 e. The number of hydrogen-bond donors (Lipinski definition) is 2. The third kappa shape index (κ3) is 4.57. The maximum atomic E-state index is 12.1. The average molecular weight is 359 g/mol. The highest BCUT2D eigenvalue weighted by Crippen LogP contribution is 2.27. The van der Waals surface area contributed by atoms with Crippen molar-refractivity contribution in [2.75, 3.05) is 11.9 Å². The van der Waals surface area contributed by atoms with Gasteiger partial charge in [0.2, 0.25) is 11.8 Å². The summed E-state index contributed by atoms with van der Waals surface area (Å²) in [6.45, 7) is 4.11. The van der Waals surface area contributed by atoms with E-state index in [-0.39, 0.29) is 30.3 Å². The summed E-state index contributed by atoms with van der Waals surface area (Å²) >= 11 is 1.32. The van der Waals surface area contributed by atoms with Crippen LogP contribution in [0.2, 0.25) is 0 Å². The zero-order valence-electron chi connectivity index (χ0n) is 14.2. The Kier molecular flexibility index (Phi) is 5.33. The predicted octanol–water partition coefficient (Wildman–Crippen LogP) is 2.40. The van der Waals surface area contributed by atoms with Crippen LogP contribution in [0.3, 0.4) is 0 Å². The summed E-state index contributed by atoms with van der Waals surface area (Å²) in [5, 5.41) is 7.94. The third-order valence-corrected chi connectivity index (χ3v) is 4.70. The number of para-hydroxylation sites is 1. The maximum absolute atomic E-state index is 12.1. The summed E-state index contributed by atoms with van der Waals surface area (Å²) in [6, 6.07) is 7.91. The van der Waals surface area contributed by atoms with Gasteiger partial charge in [-0.2, -0.15) is 0 Å². The lowest BCUT2D eigenvalue weighted by Gasteiger charge is -2.11. The smallest absolute Gasteiger partial charge is 0.228 e. The molecule has 0 bridgehead atoms. The SMILES string of the molecule is CC(C)C(=O)Nc1nc(CC(=O)NC[C@@H]2Cc3ccccc3O2)cs1. The Morgan fingerprint density at radius 2 is 2.16 bits per heavy atom. The summed E-state index contributed by atoms with van der Waals surface area (Å²) in [6.07, 6.45) is 0.962. The van der Waals surface area contributed by atoms with Crippen molar-refractivity contribution in [3.8, 4) is 5.75 Å². The van der Waals surface area contributed by atoms with Gasteiger partial charge in [-0.1, -0.05) is 32.0 Å². The van der Waals surface area contributed by atoms with Gasteiger partial charge in [0.05, 0.1) is 18.7 Å². The van der Waals surface area contributed by atoms with Gasteiger partial charge in [-0.3, -0.25) is 9.59 Å². The minimum Gasteiger partial charge on any atom is -0.488 e. The molecule has 3 rings (SSSR count). The second-order valence-corrected chi connectivity index (χ2v) is 7.18. The first kappa shape index (κ1) is 17.4. The summed E-state index contributed by atoms with van der Waals surface area (Å²) in [5.74, 6) is 0.605. The fourth-order valence-corrected chi connectivity index (χ4v) is 3.23. The Morgan fingerprint density at radius 1 is 1.36 bits per heavy atom. The number of amides is 2. The number of hydrogen-bond acceptors (Lipinski definition) is 5. The van der Waals surface area contributed by atoms with E-state index in [4.69, 9.17) is 4.74 Å². The van der Waals surface area contributed by atoms with E-state index in [9.17, 15) is 9.59 Å². The first-order valence-corrected chi connectivity index (χ1v) is 9.15. The number of carbonyl (C=O) groups is 2. The van der Waals surface area contributed by atoms with Gasteiger partial charge >= 0.3 is 0 Å². The first-order chi connectivity index (χ1) is 12.0. The van der Waals surface area contributed by atoms with Gasteiger partial charge in [0.25, 0.3) is 0 Å². The van der Waals surface area contributed by atoms with Gasteiger partial charge in [0.15, 0.2) is 5.13 Å². The minimum atomic E-state index is -0.105. The van der Waals surface area contributed by atoms with Crippen molar-refractivity contribution in [3.63, 3.8) is 0 Å². The Bertz CT molecular complexity index is 747. The Labute approximate surface area is 150 Å². The van der Waals surface area contributed by atoms with Crippen LogP contribution in [0.15, 0.2) is 29.6 Å². The van der Waals surface area contributed by atoms with E-state index in [2.05, 4.69) is 15.6 Å². The molecule has 0 radical (unpaired) electrons. The lowest BCUT2D eigenvalue weighted by atomic mass is 10.1. The van der Waals surface area contributed by atoms with Gasteiger partial charge < -0.3 is 15.4 Å². The molecule has 0 spiro atoms. The molecule has 2 heterocycles. The summed E-state index contributed by atoms with van der Waals surface area (Å²) in [7, 11) is 0. The van der Waals surface area contributed by atoms with Crippen LogP contribution < -0.4 is 15.4 Å². The Morgan fingerprint density at radius 3 is 2.92 bits per heavy atom. The molecule has 2 aromatic rings. The zero-order valence-corrected chi connectivity index (χ0v) is 15.1. The van der Waals surface area contributed by atoms with Gasteiger partial charge in [-0.25, -0.2) is 4.98 Å². The van der Waals surface area contributed by atoms with Crippen LogP contribution in [0.5, 0.6) is 5.75 Å². The molecule has 0 fully saturated rings. The molecule has 1 aromatic carbocycles. The van der Waals surface area contributed by atoms with E-state index in [1.807, 2.05) is 38.1 Å². The summed E-state index contributed by atoms with van der Waals surface area (Å²) in [4.78, 5) is 28.0. The molecule has 0 saturated carbocycles. The van der Waals surface area contributed by atoms with Crippen molar-refractivity contribution in [3.05, 3.63) is 40.9 Å². The van der Waals surface area contributed by atoms with Crippen molar-refractivity contribution in [2.45, 2.75) is 32.8 Å². The van der Waals surface area contributed by atoms with Crippen LogP contribution in [0.4, 0.5) is 5.13 Å². The van der Waals surface area contributed by atoms with Crippen LogP contribution in [0.1, 0.15) is 25.1 Å². The van der Waals surface area contributed by atoms with Gasteiger partial charge in [-0.15, -0.1) is 11.3 Å². The first-order valence-electron chi connectivity index (χ1n) is 8.28. The Balaban J connectivity index is 1.44. The quantitative estimate of drug-likeness (QED) is 0.830. The number of rotatable bonds is 6. The van der Waals surface area contributed by atoms with Crippen LogP contribution in [0.25, 0.3) is 0 Å². The van der Waals surface area contributed by atoms with Gasteiger partial charge in [0, 0.05) is 17.7 Å². The highest BCUT2D eigenvalue weighted by atomic mass is 32.1. The molecule has 0 unspecified atom stereocenters.